The number of nitrogens with zero attached hydrogens (tertiary/aromatic N) is 2. The van der Waals surface area contributed by atoms with Crippen molar-refractivity contribution in [1.29, 1.82) is 0 Å². The number of halogens is 4. The summed E-state index contributed by atoms with van der Waals surface area (Å²) in [5.41, 5.74) is -0.144. The van der Waals surface area contributed by atoms with Gasteiger partial charge < -0.3 is 4.42 Å². The Hall–Kier alpha value is -1.92. The van der Waals surface area contributed by atoms with Gasteiger partial charge in [0.1, 0.15) is 11.6 Å². The van der Waals surface area contributed by atoms with Crippen LogP contribution >= 0.6 is 0 Å². The van der Waals surface area contributed by atoms with Crippen molar-refractivity contribution in [3.05, 3.63) is 35.2 Å². The summed E-state index contributed by atoms with van der Waals surface area (Å²) >= 11 is 0. The molecule has 0 atom stereocenters. The molecule has 2 aromatic rings. The van der Waals surface area contributed by atoms with Gasteiger partial charge in [0.2, 0.25) is 5.89 Å². The van der Waals surface area contributed by atoms with Crippen LogP contribution in [-0.2, 0) is 6.42 Å². The maximum Gasteiger partial charge on any atom is 0.314 e. The molecule has 0 amide bonds. The van der Waals surface area contributed by atoms with Gasteiger partial charge in [0.15, 0.2) is 0 Å². The molecule has 1 aromatic heterocycles. The zero-order valence-corrected chi connectivity index (χ0v) is 9.25. The summed E-state index contributed by atoms with van der Waals surface area (Å²) in [6.07, 6.45) is -2.74. The van der Waals surface area contributed by atoms with Crippen molar-refractivity contribution in [2.75, 3.05) is 0 Å². The Morgan fingerprint density at radius 3 is 2.22 bits per heavy atom. The highest BCUT2D eigenvalue weighted by Crippen LogP contribution is 2.26. The molecule has 2 rings (SSSR count). The normalized spacial score (nSPS) is 11.2. The van der Waals surface area contributed by atoms with Crippen LogP contribution in [0.5, 0.6) is 0 Å². The minimum Gasteiger partial charge on any atom is -0.415 e. The Bertz CT molecular complexity index is 545. The zero-order chi connectivity index (χ0) is 13.3. The van der Waals surface area contributed by atoms with Crippen LogP contribution in [0.4, 0.5) is 17.6 Å². The lowest BCUT2D eigenvalue weighted by Crippen LogP contribution is -1.95. The van der Waals surface area contributed by atoms with Crippen molar-refractivity contribution in [3.8, 4) is 11.5 Å². The highest BCUT2D eigenvalue weighted by Gasteiger charge is 2.19. The van der Waals surface area contributed by atoms with Crippen LogP contribution in [0.15, 0.2) is 16.5 Å². The minimum absolute atomic E-state index is 0.0680. The second-order valence-corrected chi connectivity index (χ2v) is 3.52. The average Bonchev–Trinajstić information content (AvgIpc) is 2.77. The molecule has 0 spiro atoms. The van der Waals surface area contributed by atoms with Gasteiger partial charge in [-0.05, 0) is 18.6 Å². The number of aromatic nitrogens is 2. The first-order valence-corrected chi connectivity index (χ1v) is 5.12. The molecule has 0 aliphatic rings. The molecule has 1 heterocycles. The minimum atomic E-state index is -2.92. The molecule has 3 nitrogen and oxygen atoms in total. The quantitative estimate of drug-likeness (QED) is 0.792. The number of hydrogen-bond donors (Lipinski definition) is 0. The Kier molecular flexibility index (Phi) is 3.31. The van der Waals surface area contributed by atoms with Crippen molar-refractivity contribution in [3.63, 3.8) is 0 Å². The molecule has 0 aliphatic heterocycles. The van der Waals surface area contributed by atoms with E-state index in [1.165, 1.54) is 0 Å². The monoisotopic (exact) mass is 260 g/mol. The molecule has 0 unspecified atom stereocenters. The number of alkyl halides is 2. The molecule has 1 aromatic carbocycles. The van der Waals surface area contributed by atoms with Gasteiger partial charge in [-0.25, -0.2) is 8.78 Å². The fourth-order valence-electron chi connectivity index (χ4n) is 1.50. The lowest BCUT2D eigenvalue weighted by molar-refractivity contribution is 0.116. The lowest BCUT2D eigenvalue weighted by atomic mass is 10.1. The van der Waals surface area contributed by atoms with E-state index < -0.39 is 24.0 Å². The zero-order valence-electron chi connectivity index (χ0n) is 9.25. The molecular formula is C11H8F4N2O. The highest BCUT2D eigenvalue weighted by molar-refractivity contribution is 5.54. The van der Waals surface area contributed by atoms with E-state index in [9.17, 15) is 17.6 Å². The van der Waals surface area contributed by atoms with Crippen LogP contribution in [0.2, 0.25) is 0 Å². The third-order valence-electron chi connectivity index (χ3n) is 2.37. The highest BCUT2D eigenvalue weighted by atomic mass is 19.3. The van der Waals surface area contributed by atoms with Crippen molar-refractivity contribution in [2.45, 2.75) is 19.8 Å². The molecule has 0 fully saturated rings. The van der Waals surface area contributed by atoms with Gasteiger partial charge in [-0.2, -0.15) is 8.78 Å². The van der Waals surface area contributed by atoms with E-state index >= 15 is 0 Å². The largest absolute Gasteiger partial charge is 0.415 e. The van der Waals surface area contributed by atoms with Gasteiger partial charge in [-0.15, -0.1) is 10.2 Å². The third kappa shape index (κ3) is 2.20. The van der Waals surface area contributed by atoms with Crippen LogP contribution in [0.1, 0.15) is 24.8 Å². The first-order chi connectivity index (χ1) is 8.52. The van der Waals surface area contributed by atoms with Crippen molar-refractivity contribution < 1.29 is 22.0 Å². The van der Waals surface area contributed by atoms with E-state index in [2.05, 4.69) is 14.6 Å². The first kappa shape index (κ1) is 12.5. The van der Waals surface area contributed by atoms with Crippen LogP contribution in [0.3, 0.4) is 0 Å². The van der Waals surface area contributed by atoms with Gasteiger partial charge in [0, 0.05) is 11.1 Å². The Labute approximate surface area is 99.4 Å². The summed E-state index contributed by atoms with van der Waals surface area (Å²) in [7, 11) is 0. The van der Waals surface area contributed by atoms with Crippen molar-refractivity contribution >= 4 is 0 Å². The van der Waals surface area contributed by atoms with Gasteiger partial charge in [0.05, 0.1) is 0 Å². The van der Waals surface area contributed by atoms with E-state index in [0.717, 1.165) is 12.1 Å². The fourth-order valence-corrected chi connectivity index (χ4v) is 1.50. The number of rotatable bonds is 3. The molecule has 0 aliphatic carbocycles. The van der Waals surface area contributed by atoms with Crippen LogP contribution in [-0.4, -0.2) is 10.2 Å². The fraction of sp³-hybridized carbons (Fsp3) is 0.273. The lowest BCUT2D eigenvalue weighted by Gasteiger charge is -2.03. The van der Waals surface area contributed by atoms with E-state index in [4.69, 9.17) is 0 Å². The first-order valence-electron chi connectivity index (χ1n) is 5.12. The van der Waals surface area contributed by atoms with Crippen LogP contribution in [0, 0.1) is 11.6 Å². The molecule has 0 saturated carbocycles. The molecule has 0 saturated heterocycles. The van der Waals surface area contributed by atoms with Gasteiger partial charge in [0.25, 0.3) is 5.89 Å². The summed E-state index contributed by atoms with van der Waals surface area (Å²) < 4.78 is 56.0. The molecular weight excluding hydrogens is 252 g/mol. The maximum atomic E-state index is 13.5. The Balaban J connectivity index is 2.44. The SMILES string of the molecule is CCc1c(F)cc(-c2nnc(C(F)F)o2)cc1F. The molecule has 0 bridgehead atoms. The summed E-state index contributed by atoms with van der Waals surface area (Å²) in [6, 6.07) is 1.95. The predicted octanol–water partition coefficient (Wildman–Crippen LogP) is 3.51. The van der Waals surface area contributed by atoms with E-state index in [1.54, 1.807) is 6.92 Å². The molecule has 96 valence electrons. The molecule has 18 heavy (non-hydrogen) atoms. The summed E-state index contributed by atoms with van der Waals surface area (Å²) in [5, 5.41) is 6.40. The number of hydrogen-bond acceptors (Lipinski definition) is 3. The molecule has 0 radical (unpaired) electrons. The van der Waals surface area contributed by atoms with Crippen LogP contribution < -0.4 is 0 Å². The van der Waals surface area contributed by atoms with E-state index in [-0.39, 0.29) is 23.4 Å². The van der Waals surface area contributed by atoms with Crippen molar-refractivity contribution in [2.24, 2.45) is 0 Å². The molecule has 7 heteroatoms. The average molecular weight is 260 g/mol. The second kappa shape index (κ2) is 4.75. The van der Waals surface area contributed by atoms with Crippen LogP contribution in [0.25, 0.3) is 11.5 Å². The summed E-state index contributed by atoms with van der Waals surface area (Å²) in [5.74, 6) is -2.77. The van der Waals surface area contributed by atoms with E-state index in [0.29, 0.717) is 0 Å². The second-order valence-electron chi connectivity index (χ2n) is 3.52. The van der Waals surface area contributed by atoms with Gasteiger partial charge >= 0.3 is 6.43 Å². The standard InChI is InChI=1S/C11H8F4N2O/c1-2-6-7(12)3-5(4-8(6)13)10-16-17-11(18-10)9(14)15/h3-4,9H,2H2,1H3. The predicted molar refractivity (Wildman–Crippen MR) is 54.0 cm³/mol. The maximum absolute atomic E-state index is 13.5. The Morgan fingerprint density at radius 1 is 1.17 bits per heavy atom. The number of benzene rings is 1. The van der Waals surface area contributed by atoms with Crippen molar-refractivity contribution in [1.82, 2.24) is 10.2 Å². The van der Waals surface area contributed by atoms with E-state index in [1.807, 2.05) is 0 Å². The third-order valence-corrected chi connectivity index (χ3v) is 2.37. The molecule has 0 N–H and O–H groups in total. The topological polar surface area (TPSA) is 38.9 Å². The van der Waals surface area contributed by atoms with Gasteiger partial charge in [-0.3, -0.25) is 0 Å². The summed E-state index contributed by atoms with van der Waals surface area (Å²) in [4.78, 5) is 0. The Morgan fingerprint density at radius 2 is 1.78 bits per heavy atom. The summed E-state index contributed by atoms with van der Waals surface area (Å²) in [6.45, 7) is 1.60. The van der Waals surface area contributed by atoms with Gasteiger partial charge in [-0.1, -0.05) is 6.92 Å². The smallest absolute Gasteiger partial charge is 0.314 e.